The van der Waals surface area contributed by atoms with Crippen LogP contribution in [0.2, 0.25) is 0 Å². The number of carbonyl (C=O) groups excluding carboxylic acids is 2. The number of morpholine rings is 1. The Labute approximate surface area is 276 Å². The largest absolute Gasteiger partial charge is 0.494 e. The van der Waals surface area contributed by atoms with Gasteiger partial charge in [0.15, 0.2) is 0 Å². The van der Waals surface area contributed by atoms with Gasteiger partial charge in [0, 0.05) is 59.9 Å². The zero-order valence-corrected chi connectivity index (χ0v) is 27.5. The molecule has 47 heavy (non-hydrogen) atoms. The van der Waals surface area contributed by atoms with E-state index < -0.39 is 5.97 Å². The molecule has 0 unspecified atom stereocenters. The fourth-order valence-corrected chi connectivity index (χ4v) is 6.12. The summed E-state index contributed by atoms with van der Waals surface area (Å²) < 4.78 is 18.9. The molecular formula is C34H37N7O5S. The molecule has 0 aliphatic carbocycles. The summed E-state index contributed by atoms with van der Waals surface area (Å²) in [6.45, 7) is 6.47. The maximum Gasteiger partial charge on any atom is 0.342 e. The van der Waals surface area contributed by atoms with Gasteiger partial charge in [-0.1, -0.05) is 24.3 Å². The van der Waals surface area contributed by atoms with Gasteiger partial charge in [0.25, 0.3) is 0 Å². The van der Waals surface area contributed by atoms with Crippen molar-refractivity contribution in [1.82, 2.24) is 19.9 Å². The van der Waals surface area contributed by atoms with E-state index in [2.05, 4.69) is 25.8 Å². The molecular weight excluding hydrogens is 618 g/mol. The van der Waals surface area contributed by atoms with Gasteiger partial charge in [-0.3, -0.25) is 0 Å². The number of hydrogen-bond donors (Lipinski definition) is 3. The fourth-order valence-electron chi connectivity index (χ4n) is 5.47. The normalized spacial score (nSPS) is 13.1. The van der Waals surface area contributed by atoms with Crippen LogP contribution >= 0.6 is 11.3 Å². The second kappa shape index (κ2) is 14.1. The van der Waals surface area contributed by atoms with Crippen LogP contribution < -0.4 is 25.6 Å². The van der Waals surface area contributed by atoms with Crippen LogP contribution in [0.5, 0.6) is 5.75 Å². The predicted octanol–water partition coefficient (Wildman–Crippen LogP) is 6.17. The highest BCUT2D eigenvalue weighted by Crippen LogP contribution is 2.39. The maximum atomic E-state index is 13.2. The molecule has 2 aromatic carbocycles. The number of amides is 2. The van der Waals surface area contributed by atoms with E-state index in [4.69, 9.17) is 19.2 Å². The van der Waals surface area contributed by atoms with E-state index >= 15 is 0 Å². The summed E-state index contributed by atoms with van der Waals surface area (Å²) in [5.74, 6) is 0.246. The van der Waals surface area contributed by atoms with Crippen LogP contribution in [0.1, 0.15) is 29.1 Å². The van der Waals surface area contributed by atoms with E-state index in [-0.39, 0.29) is 23.6 Å². The van der Waals surface area contributed by atoms with Gasteiger partial charge in [-0.25, -0.2) is 19.6 Å². The lowest BCUT2D eigenvalue weighted by Crippen LogP contribution is -2.37. The number of thiophene rings is 1. The van der Waals surface area contributed by atoms with Crippen molar-refractivity contribution in [3.05, 3.63) is 76.7 Å². The van der Waals surface area contributed by atoms with E-state index in [1.54, 1.807) is 38.4 Å². The SMILES string of the molecule is COc1cc(N2CCOCC2)c(NC(=O)NCc2cccs2)cc1Nc1ncc(C(=O)OC(C)C)c(-c2cn(C)c3ccccc23)n1. The Morgan fingerprint density at radius 1 is 1.09 bits per heavy atom. The molecule has 244 valence electrons. The van der Waals surface area contributed by atoms with Crippen molar-refractivity contribution >= 4 is 57.3 Å². The van der Waals surface area contributed by atoms with Crippen molar-refractivity contribution in [1.29, 1.82) is 0 Å². The van der Waals surface area contributed by atoms with E-state index in [0.29, 0.717) is 55.7 Å². The van der Waals surface area contributed by atoms with Crippen molar-refractivity contribution in [2.75, 3.05) is 48.9 Å². The molecule has 1 aliphatic heterocycles. The van der Waals surface area contributed by atoms with Crippen molar-refractivity contribution in [3.8, 4) is 17.0 Å². The number of esters is 1. The van der Waals surface area contributed by atoms with E-state index in [0.717, 1.165) is 27.0 Å². The third-order valence-corrected chi connectivity index (χ3v) is 8.55. The van der Waals surface area contributed by atoms with Gasteiger partial charge in [0.1, 0.15) is 11.3 Å². The van der Waals surface area contributed by atoms with Gasteiger partial charge in [-0.05, 0) is 37.4 Å². The Morgan fingerprint density at radius 3 is 2.64 bits per heavy atom. The molecule has 1 saturated heterocycles. The first-order valence-corrected chi connectivity index (χ1v) is 16.2. The standard InChI is InChI=1S/C34H37N7O5S/c1-21(2)46-32(42)24-19-35-33(39-31(24)25-20-40(3)28-10-6-5-9-23(25)28)37-27-16-26(38-34(43)36-18-22-8-7-15-47-22)29(17-30(27)44-4)41-11-13-45-14-12-41/h5-10,15-17,19-21H,11-14,18H2,1-4H3,(H,35,37,39)(H2,36,38,43). The molecule has 3 aromatic heterocycles. The molecule has 6 rings (SSSR count). The van der Waals surface area contributed by atoms with Crippen LogP contribution in [-0.2, 0) is 23.1 Å². The average Bonchev–Trinajstić information content (AvgIpc) is 3.72. The molecule has 5 aromatic rings. The number of carbonyl (C=O) groups is 2. The molecule has 0 spiro atoms. The number of hydrogen-bond acceptors (Lipinski definition) is 10. The second-order valence-electron chi connectivity index (χ2n) is 11.3. The number of ether oxygens (including phenoxy) is 3. The Morgan fingerprint density at radius 2 is 1.89 bits per heavy atom. The maximum absolute atomic E-state index is 13.2. The fraction of sp³-hybridized carbons (Fsp3) is 0.294. The summed E-state index contributed by atoms with van der Waals surface area (Å²) in [5, 5.41) is 12.1. The summed E-state index contributed by atoms with van der Waals surface area (Å²) in [4.78, 5) is 38.8. The van der Waals surface area contributed by atoms with Crippen LogP contribution in [0.4, 0.5) is 27.8 Å². The van der Waals surface area contributed by atoms with Gasteiger partial charge in [-0.2, -0.15) is 0 Å². The third kappa shape index (κ3) is 7.16. The van der Waals surface area contributed by atoms with Gasteiger partial charge >= 0.3 is 12.0 Å². The number of nitrogens with zero attached hydrogens (tertiary/aromatic N) is 4. The van der Waals surface area contributed by atoms with E-state index in [9.17, 15) is 9.59 Å². The number of rotatable bonds is 10. The summed E-state index contributed by atoms with van der Waals surface area (Å²) in [6.07, 6.45) is 3.10. The van der Waals surface area contributed by atoms with Gasteiger partial charge < -0.3 is 39.6 Å². The molecule has 3 N–H and O–H groups in total. The number of aromatic nitrogens is 3. The first-order chi connectivity index (χ1) is 22.8. The minimum absolute atomic E-state index is 0.236. The van der Waals surface area contributed by atoms with Gasteiger partial charge in [0.2, 0.25) is 5.95 Å². The highest BCUT2D eigenvalue weighted by atomic mass is 32.1. The average molecular weight is 656 g/mol. The number of nitrogens with one attached hydrogen (secondary N) is 3. The van der Waals surface area contributed by atoms with Crippen molar-refractivity contribution in [2.24, 2.45) is 7.05 Å². The molecule has 4 heterocycles. The number of fused-ring (bicyclic) bond motifs is 1. The number of anilines is 4. The zero-order chi connectivity index (χ0) is 32.9. The quantitative estimate of drug-likeness (QED) is 0.151. The zero-order valence-electron chi connectivity index (χ0n) is 26.7. The molecule has 2 amide bonds. The molecule has 1 fully saturated rings. The number of methoxy groups -OCH3 is 1. The third-order valence-electron chi connectivity index (χ3n) is 7.67. The minimum Gasteiger partial charge on any atom is -0.494 e. The smallest absolute Gasteiger partial charge is 0.342 e. The lowest BCUT2D eigenvalue weighted by molar-refractivity contribution is 0.0378. The summed E-state index contributed by atoms with van der Waals surface area (Å²) in [5.41, 5.74) is 4.34. The highest BCUT2D eigenvalue weighted by Gasteiger charge is 2.24. The Kier molecular flexibility index (Phi) is 9.55. The summed E-state index contributed by atoms with van der Waals surface area (Å²) >= 11 is 1.58. The number of aryl methyl sites for hydroxylation is 1. The summed E-state index contributed by atoms with van der Waals surface area (Å²) in [7, 11) is 3.53. The van der Waals surface area contributed by atoms with Gasteiger partial charge in [-0.15, -0.1) is 11.3 Å². The topological polar surface area (TPSA) is 132 Å². The molecule has 0 saturated carbocycles. The van der Waals surface area contributed by atoms with Crippen LogP contribution in [-0.4, -0.2) is 66.1 Å². The van der Waals surface area contributed by atoms with Crippen molar-refractivity contribution in [3.63, 3.8) is 0 Å². The molecule has 1 aliphatic rings. The Hall–Kier alpha value is -5.14. The molecule has 0 atom stereocenters. The Bertz CT molecular complexity index is 1880. The molecule has 0 radical (unpaired) electrons. The van der Waals surface area contributed by atoms with Gasteiger partial charge in [0.05, 0.1) is 55.7 Å². The van der Waals surface area contributed by atoms with E-state index in [1.807, 2.05) is 65.7 Å². The van der Waals surface area contributed by atoms with Crippen molar-refractivity contribution < 1.29 is 23.8 Å². The minimum atomic E-state index is -0.512. The summed E-state index contributed by atoms with van der Waals surface area (Å²) in [6, 6.07) is 15.2. The molecule has 0 bridgehead atoms. The first-order valence-electron chi connectivity index (χ1n) is 15.3. The second-order valence-corrected chi connectivity index (χ2v) is 12.3. The first kappa shape index (κ1) is 31.8. The molecule has 12 nitrogen and oxygen atoms in total. The molecule has 13 heteroatoms. The van der Waals surface area contributed by atoms with Crippen LogP contribution in [0, 0.1) is 0 Å². The monoisotopic (exact) mass is 655 g/mol. The van der Waals surface area contributed by atoms with Crippen LogP contribution in [0.3, 0.4) is 0 Å². The lowest BCUT2D eigenvalue weighted by atomic mass is 10.1. The van der Waals surface area contributed by atoms with Crippen molar-refractivity contribution in [2.45, 2.75) is 26.5 Å². The van der Waals surface area contributed by atoms with E-state index in [1.165, 1.54) is 6.20 Å². The lowest BCUT2D eigenvalue weighted by Gasteiger charge is -2.31. The number of urea groups is 1. The van der Waals surface area contributed by atoms with Crippen LogP contribution in [0.25, 0.3) is 22.2 Å². The Balaban J connectivity index is 1.38. The number of benzene rings is 2. The van der Waals surface area contributed by atoms with Crippen LogP contribution in [0.15, 0.2) is 66.3 Å². The number of para-hydroxylation sites is 1. The highest BCUT2D eigenvalue weighted by molar-refractivity contribution is 7.09. The predicted molar refractivity (Wildman–Crippen MR) is 184 cm³/mol.